The molecular formula is C24H31NO8S. The average molecular weight is 494 g/mol. The molecule has 1 N–H and O–H groups in total. The van der Waals surface area contributed by atoms with Crippen LogP contribution in [0.4, 0.5) is 5.69 Å². The van der Waals surface area contributed by atoms with Gasteiger partial charge in [0.25, 0.3) is 0 Å². The summed E-state index contributed by atoms with van der Waals surface area (Å²) in [6.45, 7) is 3.83. The molecule has 2 unspecified atom stereocenters. The topological polar surface area (TPSA) is 102 Å². The van der Waals surface area contributed by atoms with E-state index in [1.165, 1.54) is 7.11 Å². The van der Waals surface area contributed by atoms with Crippen LogP contribution in [0.1, 0.15) is 36.2 Å². The molecule has 0 bridgehead atoms. The summed E-state index contributed by atoms with van der Waals surface area (Å²) in [4.78, 5) is 0. The van der Waals surface area contributed by atoms with Crippen LogP contribution < -0.4 is 28.4 Å². The maximum absolute atomic E-state index is 12.0. The van der Waals surface area contributed by atoms with Crippen LogP contribution in [-0.2, 0) is 14.8 Å². The van der Waals surface area contributed by atoms with Crippen LogP contribution in [0.5, 0.6) is 28.7 Å². The number of methoxy groups -OCH3 is 4. The predicted molar refractivity (Wildman–Crippen MR) is 129 cm³/mol. The molecule has 9 nitrogen and oxygen atoms in total. The third kappa shape index (κ3) is 5.68. The van der Waals surface area contributed by atoms with Crippen molar-refractivity contribution in [2.45, 2.75) is 25.0 Å². The molecular weight excluding hydrogens is 462 g/mol. The van der Waals surface area contributed by atoms with Crippen molar-refractivity contribution in [3.05, 3.63) is 48.0 Å². The molecule has 2 atom stereocenters. The molecule has 1 aliphatic heterocycles. The highest BCUT2D eigenvalue weighted by atomic mass is 32.2. The average Bonchev–Trinajstić information content (AvgIpc) is 3.31. The fourth-order valence-electron chi connectivity index (χ4n) is 3.94. The van der Waals surface area contributed by atoms with Gasteiger partial charge in [-0.25, -0.2) is 8.42 Å². The quantitative estimate of drug-likeness (QED) is 0.464. The Morgan fingerprint density at radius 2 is 1.41 bits per heavy atom. The van der Waals surface area contributed by atoms with Gasteiger partial charge >= 0.3 is 0 Å². The summed E-state index contributed by atoms with van der Waals surface area (Å²) >= 11 is 0. The summed E-state index contributed by atoms with van der Waals surface area (Å²) in [6.07, 6.45) is 3.61. The number of rotatable bonds is 11. The second-order valence-corrected chi connectivity index (χ2v) is 9.47. The van der Waals surface area contributed by atoms with Crippen molar-refractivity contribution in [2.75, 3.05) is 46.0 Å². The van der Waals surface area contributed by atoms with Gasteiger partial charge in [0.1, 0.15) is 6.61 Å². The van der Waals surface area contributed by atoms with Gasteiger partial charge in [0.05, 0.1) is 52.6 Å². The van der Waals surface area contributed by atoms with Crippen LogP contribution in [0.3, 0.4) is 0 Å². The third-order valence-corrected chi connectivity index (χ3v) is 5.98. The van der Waals surface area contributed by atoms with E-state index in [9.17, 15) is 8.42 Å². The minimum Gasteiger partial charge on any atom is -0.493 e. The Hall–Kier alpha value is -3.11. The van der Waals surface area contributed by atoms with E-state index in [1.807, 2.05) is 12.1 Å². The number of hydrogen-bond acceptors (Lipinski definition) is 8. The first-order chi connectivity index (χ1) is 16.2. The third-order valence-electron chi connectivity index (χ3n) is 5.39. The molecule has 1 saturated heterocycles. The molecule has 1 aliphatic rings. The van der Waals surface area contributed by atoms with Gasteiger partial charge in [-0.2, -0.15) is 0 Å². The minimum absolute atomic E-state index is 0.192. The van der Waals surface area contributed by atoms with Gasteiger partial charge in [-0.05, 0) is 48.2 Å². The minimum atomic E-state index is -3.56. The predicted octanol–water partition coefficient (Wildman–Crippen LogP) is 4.25. The SMILES string of the molecule is C=CCOc1c(NS(C)(=O)=O)cc(C2CCC(c3cc(OC)c(OC)c(OC)c3)O2)cc1OC. The van der Waals surface area contributed by atoms with Crippen molar-refractivity contribution in [1.82, 2.24) is 0 Å². The summed E-state index contributed by atoms with van der Waals surface area (Å²) in [6, 6.07) is 7.26. The van der Waals surface area contributed by atoms with Crippen molar-refractivity contribution < 1.29 is 36.8 Å². The van der Waals surface area contributed by atoms with E-state index in [0.29, 0.717) is 23.0 Å². The highest BCUT2D eigenvalue weighted by Crippen LogP contribution is 2.48. The highest BCUT2D eigenvalue weighted by Gasteiger charge is 2.31. The second kappa shape index (κ2) is 10.9. The first kappa shape index (κ1) is 25.5. The van der Waals surface area contributed by atoms with E-state index in [1.54, 1.807) is 39.5 Å². The number of ether oxygens (including phenoxy) is 6. The normalized spacial score (nSPS) is 17.7. The Kier molecular flexibility index (Phi) is 8.16. The Labute approximate surface area is 200 Å². The summed E-state index contributed by atoms with van der Waals surface area (Å²) in [5.74, 6) is 2.29. The molecule has 0 amide bonds. The fraction of sp³-hybridized carbons (Fsp3) is 0.417. The number of nitrogens with one attached hydrogen (secondary N) is 1. The number of benzene rings is 2. The van der Waals surface area contributed by atoms with Gasteiger partial charge < -0.3 is 28.4 Å². The molecule has 1 heterocycles. The van der Waals surface area contributed by atoms with E-state index in [2.05, 4.69) is 11.3 Å². The monoisotopic (exact) mass is 493 g/mol. The van der Waals surface area contributed by atoms with Crippen molar-refractivity contribution in [3.63, 3.8) is 0 Å². The first-order valence-electron chi connectivity index (χ1n) is 10.6. The number of hydrogen-bond donors (Lipinski definition) is 1. The van der Waals surface area contributed by atoms with Crippen LogP contribution in [0, 0.1) is 0 Å². The lowest BCUT2D eigenvalue weighted by Crippen LogP contribution is -2.12. The molecule has 0 saturated carbocycles. The molecule has 3 rings (SSSR count). The van der Waals surface area contributed by atoms with Crippen molar-refractivity contribution in [3.8, 4) is 28.7 Å². The second-order valence-electron chi connectivity index (χ2n) is 7.72. The first-order valence-corrected chi connectivity index (χ1v) is 12.5. The summed E-state index contributed by atoms with van der Waals surface area (Å²) < 4.78 is 60.4. The Morgan fingerprint density at radius 3 is 1.85 bits per heavy atom. The Balaban J connectivity index is 1.94. The molecule has 186 valence electrons. The maximum atomic E-state index is 12.0. The number of anilines is 1. The molecule has 0 aliphatic carbocycles. The zero-order chi connectivity index (χ0) is 24.9. The smallest absolute Gasteiger partial charge is 0.229 e. The standard InChI is InChI=1S/C24H31NO8S/c1-7-10-32-23-17(25-34(6,26)27)11-15(12-20(23)28-2)18-8-9-19(33-18)16-13-21(29-3)24(31-5)22(14-16)30-4/h7,11-14,18-19,25H,1,8-10H2,2-6H3. The summed E-state index contributed by atoms with van der Waals surface area (Å²) in [5.41, 5.74) is 1.94. The molecule has 10 heteroatoms. The van der Waals surface area contributed by atoms with Gasteiger partial charge in [-0.3, -0.25) is 4.72 Å². The van der Waals surface area contributed by atoms with E-state index in [0.717, 1.165) is 30.2 Å². The van der Waals surface area contributed by atoms with Gasteiger partial charge in [-0.15, -0.1) is 0 Å². The van der Waals surface area contributed by atoms with Crippen LogP contribution >= 0.6 is 0 Å². The Bertz CT molecular complexity index is 1110. The van der Waals surface area contributed by atoms with Gasteiger partial charge in [0, 0.05) is 0 Å². The lowest BCUT2D eigenvalue weighted by molar-refractivity contribution is 0.0437. The molecule has 1 fully saturated rings. The van der Waals surface area contributed by atoms with Gasteiger partial charge in [0.2, 0.25) is 15.8 Å². The summed E-state index contributed by atoms with van der Waals surface area (Å²) in [5, 5.41) is 0. The van der Waals surface area contributed by atoms with Crippen molar-refractivity contribution >= 4 is 15.7 Å². The molecule has 34 heavy (non-hydrogen) atoms. The largest absolute Gasteiger partial charge is 0.493 e. The maximum Gasteiger partial charge on any atom is 0.229 e. The van der Waals surface area contributed by atoms with E-state index in [-0.39, 0.29) is 30.3 Å². The molecule has 2 aromatic rings. The molecule has 2 aromatic carbocycles. The highest BCUT2D eigenvalue weighted by molar-refractivity contribution is 7.92. The number of sulfonamides is 1. The van der Waals surface area contributed by atoms with E-state index in [4.69, 9.17) is 28.4 Å². The van der Waals surface area contributed by atoms with Crippen molar-refractivity contribution in [1.29, 1.82) is 0 Å². The zero-order valence-corrected chi connectivity index (χ0v) is 20.9. The van der Waals surface area contributed by atoms with Gasteiger partial charge in [0.15, 0.2) is 23.0 Å². The van der Waals surface area contributed by atoms with Crippen LogP contribution in [-0.4, -0.2) is 49.7 Å². The fourth-order valence-corrected chi connectivity index (χ4v) is 4.49. The van der Waals surface area contributed by atoms with Crippen molar-refractivity contribution in [2.24, 2.45) is 0 Å². The molecule has 0 radical (unpaired) electrons. The van der Waals surface area contributed by atoms with Crippen LogP contribution in [0.2, 0.25) is 0 Å². The molecule has 0 aromatic heterocycles. The van der Waals surface area contributed by atoms with Gasteiger partial charge in [-0.1, -0.05) is 12.7 Å². The molecule has 0 spiro atoms. The van der Waals surface area contributed by atoms with E-state index >= 15 is 0 Å². The Morgan fingerprint density at radius 1 is 0.912 bits per heavy atom. The summed E-state index contributed by atoms with van der Waals surface area (Å²) in [7, 11) is 2.63. The zero-order valence-electron chi connectivity index (χ0n) is 20.0. The lowest BCUT2D eigenvalue weighted by Gasteiger charge is -2.20. The van der Waals surface area contributed by atoms with Crippen LogP contribution in [0.25, 0.3) is 0 Å². The lowest BCUT2D eigenvalue weighted by atomic mass is 10.0. The van der Waals surface area contributed by atoms with Crippen LogP contribution in [0.15, 0.2) is 36.9 Å². The van der Waals surface area contributed by atoms with E-state index < -0.39 is 10.0 Å².